The molecule has 2 rings (SSSR count). The molecule has 5 heteroatoms. The molecule has 0 aliphatic carbocycles. The number of aromatic nitrogens is 2. The van der Waals surface area contributed by atoms with E-state index in [0.717, 1.165) is 5.69 Å². The molecule has 5 nitrogen and oxygen atoms in total. The number of aromatic carboxylic acids is 1. The first-order valence-corrected chi connectivity index (χ1v) is 5.48. The summed E-state index contributed by atoms with van der Waals surface area (Å²) in [7, 11) is 1.80. The summed E-state index contributed by atoms with van der Waals surface area (Å²) in [6, 6.07) is 8.78. The van der Waals surface area contributed by atoms with Crippen LogP contribution in [0.1, 0.15) is 16.1 Å². The third-order valence-electron chi connectivity index (χ3n) is 2.50. The van der Waals surface area contributed by atoms with E-state index in [1.807, 2.05) is 18.2 Å². The first-order valence-electron chi connectivity index (χ1n) is 5.48. The van der Waals surface area contributed by atoms with Crippen LogP contribution in [0.15, 0.2) is 42.7 Å². The van der Waals surface area contributed by atoms with Crippen LogP contribution in [0.25, 0.3) is 0 Å². The van der Waals surface area contributed by atoms with Crippen molar-refractivity contribution >= 4 is 11.8 Å². The number of rotatable bonds is 4. The Morgan fingerprint density at radius 2 is 2.00 bits per heavy atom. The lowest BCUT2D eigenvalue weighted by Crippen LogP contribution is -2.21. The maximum absolute atomic E-state index is 11.1. The lowest BCUT2D eigenvalue weighted by atomic mass is 10.2. The summed E-state index contributed by atoms with van der Waals surface area (Å²) in [6.07, 6.45) is 3.29. The summed E-state index contributed by atoms with van der Waals surface area (Å²) in [5, 5.41) is 9.10. The van der Waals surface area contributed by atoms with E-state index in [0.29, 0.717) is 12.4 Å². The zero-order valence-corrected chi connectivity index (χ0v) is 9.95. The van der Waals surface area contributed by atoms with Gasteiger partial charge in [-0.15, -0.1) is 0 Å². The zero-order valence-electron chi connectivity index (χ0n) is 9.95. The zero-order chi connectivity index (χ0) is 13.0. The lowest BCUT2D eigenvalue weighted by Gasteiger charge is -2.19. The fraction of sp³-hybridized carbons (Fsp3) is 0.154. The molecular formula is C13H13N3O2. The average molecular weight is 243 g/mol. The lowest BCUT2D eigenvalue weighted by molar-refractivity contribution is 0.0697. The maximum atomic E-state index is 11.1. The third kappa shape index (κ3) is 2.63. The highest BCUT2D eigenvalue weighted by molar-refractivity contribution is 5.93. The Hall–Kier alpha value is -2.43. The maximum Gasteiger partial charge on any atom is 0.339 e. The highest BCUT2D eigenvalue weighted by Crippen LogP contribution is 2.17. The van der Waals surface area contributed by atoms with Crippen LogP contribution < -0.4 is 4.90 Å². The highest BCUT2D eigenvalue weighted by Gasteiger charge is 2.14. The molecule has 0 saturated carbocycles. The molecular weight excluding hydrogens is 230 g/mol. The van der Waals surface area contributed by atoms with E-state index in [1.54, 1.807) is 36.5 Å². The molecule has 2 aromatic rings. The van der Waals surface area contributed by atoms with Gasteiger partial charge in [-0.05, 0) is 24.3 Å². The molecule has 0 radical (unpaired) electrons. The van der Waals surface area contributed by atoms with E-state index in [-0.39, 0.29) is 5.56 Å². The van der Waals surface area contributed by atoms with Crippen molar-refractivity contribution in [3.05, 3.63) is 54.0 Å². The predicted molar refractivity (Wildman–Crippen MR) is 67.5 cm³/mol. The highest BCUT2D eigenvalue weighted by atomic mass is 16.4. The number of hydrogen-bond acceptors (Lipinski definition) is 4. The summed E-state index contributed by atoms with van der Waals surface area (Å²) in [4.78, 5) is 21.2. The van der Waals surface area contributed by atoms with Crippen LogP contribution in [0.4, 0.5) is 5.82 Å². The summed E-state index contributed by atoms with van der Waals surface area (Å²) < 4.78 is 0. The van der Waals surface area contributed by atoms with Crippen LogP contribution in [0.2, 0.25) is 0 Å². The quantitative estimate of drug-likeness (QED) is 0.887. The molecule has 18 heavy (non-hydrogen) atoms. The molecule has 0 unspecified atom stereocenters. The third-order valence-corrected chi connectivity index (χ3v) is 2.50. The van der Waals surface area contributed by atoms with Crippen LogP contribution >= 0.6 is 0 Å². The number of carboxylic acids is 1. The molecule has 0 aliphatic heterocycles. The van der Waals surface area contributed by atoms with Gasteiger partial charge in [-0.25, -0.2) is 9.78 Å². The normalized spacial score (nSPS) is 10.1. The second kappa shape index (κ2) is 5.27. The van der Waals surface area contributed by atoms with E-state index < -0.39 is 5.97 Å². The van der Waals surface area contributed by atoms with Gasteiger partial charge >= 0.3 is 5.97 Å². The van der Waals surface area contributed by atoms with Crippen molar-refractivity contribution in [1.29, 1.82) is 0 Å². The van der Waals surface area contributed by atoms with Gasteiger partial charge in [0.1, 0.15) is 11.4 Å². The largest absolute Gasteiger partial charge is 0.478 e. The van der Waals surface area contributed by atoms with Gasteiger partial charge in [-0.2, -0.15) is 0 Å². The number of carbonyl (C=O) groups is 1. The van der Waals surface area contributed by atoms with Crippen LogP contribution in [0.5, 0.6) is 0 Å². The van der Waals surface area contributed by atoms with Crippen molar-refractivity contribution in [2.75, 3.05) is 11.9 Å². The van der Waals surface area contributed by atoms with Crippen LogP contribution in [0.3, 0.4) is 0 Å². The summed E-state index contributed by atoms with van der Waals surface area (Å²) in [6.45, 7) is 0.512. The number of nitrogens with zero attached hydrogens (tertiary/aromatic N) is 3. The van der Waals surface area contributed by atoms with E-state index in [2.05, 4.69) is 9.97 Å². The van der Waals surface area contributed by atoms with E-state index in [4.69, 9.17) is 5.11 Å². The second-order valence-electron chi connectivity index (χ2n) is 3.86. The van der Waals surface area contributed by atoms with E-state index in [1.165, 1.54) is 0 Å². The summed E-state index contributed by atoms with van der Waals surface area (Å²) in [5.74, 6) is -0.540. The molecule has 0 aromatic carbocycles. The van der Waals surface area contributed by atoms with Gasteiger partial charge in [0.15, 0.2) is 0 Å². The van der Waals surface area contributed by atoms with E-state index >= 15 is 0 Å². The van der Waals surface area contributed by atoms with Crippen molar-refractivity contribution in [3.8, 4) is 0 Å². The molecule has 92 valence electrons. The molecule has 0 atom stereocenters. The van der Waals surface area contributed by atoms with Gasteiger partial charge in [-0.3, -0.25) is 4.98 Å². The Morgan fingerprint density at radius 1 is 1.22 bits per heavy atom. The Balaban J connectivity index is 2.24. The molecule has 0 spiro atoms. The molecule has 1 N–H and O–H groups in total. The minimum Gasteiger partial charge on any atom is -0.478 e. The smallest absolute Gasteiger partial charge is 0.339 e. The minimum absolute atomic E-state index is 0.191. The molecule has 2 aromatic heterocycles. The minimum atomic E-state index is -0.981. The number of anilines is 1. The monoisotopic (exact) mass is 243 g/mol. The number of hydrogen-bond donors (Lipinski definition) is 1. The Kier molecular flexibility index (Phi) is 3.52. The fourth-order valence-corrected chi connectivity index (χ4v) is 1.68. The van der Waals surface area contributed by atoms with Crippen molar-refractivity contribution in [1.82, 2.24) is 9.97 Å². The molecule has 0 bridgehead atoms. The molecule has 0 fully saturated rings. The van der Waals surface area contributed by atoms with Crippen molar-refractivity contribution in [3.63, 3.8) is 0 Å². The SMILES string of the molecule is CN(Cc1ccccn1)c1ncccc1C(=O)O. The standard InChI is InChI=1S/C13H13N3O2/c1-16(9-10-5-2-3-7-14-10)12-11(13(17)18)6-4-8-15-12/h2-8H,9H2,1H3,(H,17,18). The van der Waals surface area contributed by atoms with Gasteiger partial charge in [0.25, 0.3) is 0 Å². The second-order valence-corrected chi connectivity index (χ2v) is 3.86. The molecule has 0 aliphatic rings. The van der Waals surface area contributed by atoms with Crippen molar-refractivity contribution < 1.29 is 9.90 Å². The van der Waals surface area contributed by atoms with Crippen LogP contribution in [0, 0.1) is 0 Å². The van der Waals surface area contributed by atoms with Gasteiger partial charge in [0.05, 0.1) is 12.2 Å². The Labute approximate surface area is 105 Å². The van der Waals surface area contributed by atoms with Crippen LogP contribution in [-0.4, -0.2) is 28.1 Å². The van der Waals surface area contributed by atoms with Crippen molar-refractivity contribution in [2.45, 2.75) is 6.54 Å². The average Bonchev–Trinajstić information content (AvgIpc) is 2.40. The van der Waals surface area contributed by atoms with Gasteiger partial charge in [-0.1, -0.05) is 6.07 Å². The first-order chi connectivity index (χ1) is 8.68. The van der Waals surface area contributed by atoms with Gasteiger partial charge in [0.2, 0.25) is 0 Å². The Morgan fingerprint density at radius 3 is 2.67 bits per heavy atom. The topological polar surface area (TPSA) is 66.3 Å². The molecule has 0 saturated heterocycles. The fourth-order valence-electron chi connectivity index (χ4n) is 1.68. The first kappa shape index (κ1) is 12.0. The molecule has 2 heterocycles. The summed E-state index contributed by atoms with van der Waals surface area (Å²) >= 11 is 0. The number of carboxylic acid groups (broad SMARTS) is 1. The summed E-state index contributed by atoms with van der Waals surface area (Å²) in [5.41, 5.74) is 1.05. The molecule has 0 amide bonds. The number of pyridine rings is 2. The van der Waals surface area contributed by atoms with Crippen molar-refractivity contribution in [2.24, 2.45) is 0 Å². The van der Waals surface area contributed by atoms with Gasteiger partial charge < -0.3 is 10.0 Å². The predicted octanol–water partition coefficient (Wildman–Crippen LogP) is 1.81. The van der Waals surface area contributed by atoms with E-state index in [9.17, 15) is 4.79 Å². The van der Waals surface area contributed by atoms with Gasteiger partial charge in [0, 0.05) is 19.4 Å². The Bertz CT molecular complexity index is 543. The van der Waals surface area contributed by atoms with Crippen LogP contribution in [-0.2, 0) is 6.54 Å².